The van der Waals surface area contributed by atoms with Crippen molar-refractivity contribution < 1.29 is 5.11 Å². The molecule has 17 heavy (non-hydrogen) atoms. The largest absolute Gasteiger partial charge is 0.393 e. The molecule has 1 heterocycles. The summed E-state index contributed by atoms with van der Waals surface area (Å²) in [5, 5.41) is 13.1. The van der Waals surface area contributed by atoms with Crippen LogP contribution >= 0.6 is 0 Å². The molecular formula is C14H28N2O. The van der Waals surface area contributed by atoms with Gasteiger partial charge in [-0.05, 0) is 77.5 Å². The molecule has 1 saturated heterocycles. The topological polar surface area (TPSA) is 35.5 Å². The van der Waals surface area contributed by atoms with Crippen LogP contribution in [0.4, 0.5) is 0 Å². The average Bonchev–Trinajstić information content (AvgIpc) is 2.34. The highest BCUT2D eigenvalue weighted by molar-refractivity contribution is 4.77. The first kappa shape index (κ1) is 13.3. The third kappa shape index (κ3) is 4.57. The van der Waals surface area contributed by atoms with Crippen molar-refractivity contribution in [3.05, 3.63) is 0 Å². The van der Waals surface area contributed by atoms with Gasteiger partial charge >= 0.3 is 0 Å². The maximum absolute atomic E-state index is 9.45. The van der Waals surface area contributed by atoms with Crippen molar-refractivity contribution in [2.45, 2.75) is 57.1 Å². The Morgan fingerprint density at radius 1 is 1.06 bits per heavy atom. The number of aliphatic hydroxyl groups excluding tert-OH is 1. The molecule has 2 fully saturated rings. The van der Waals surface area contributed by atoms with Gasteiger partial charge in [-0.25, -0.2) is 0 Å². The molecule has 0 radical (unpaired) electrons. The lowest BCUT2D eigenvalue weighted by Gasteiger charge is -2.30. The van der Waals surface area contributed by atoms with Gasteiger partial charge < -0.3 is 15.3 Å². The van der Waals surface area contributed by atoms with Gasteiger partial charge in [0.15, 0.2) is 0 Å². The number of piperidine rings is 1. The summed E-state index contributed by atoms with van der Waals surface area (Å²) in [6.45, 7) is 3.73. The Labute approximate surface area is 106 Å². The van der Waals surface area contributed by atoms with Crippen molar-refractivity contribution in [2.24, 2.45) is 5.92 Å². The van der Waals surface area contributed by atoms with E-state index in [1.165, 1.54) is 38.9 Å². The van der Waals surface area contributed by atoms with Gasteiger partial charge in [-0.1, -0.05) is 0 Å². The molecule has 3 nitrogen and oxygen atoms in total. The minimum atomic E-state index is -0.0260. The van der Waals surface area contributed by atoms with E-state index in [4.69, 9.17) is 0 Å². The second kappa shape index (κ2) is 6.72. The molecule has 2 rings (SSSR count). The summed E-state index contributed by atoms with van der Waals surface area (Å²) in [5.74, 6) is 0.938. The highest BCUT2D eigenvalue weighted by atomic mass is 16.3. The minimum Gasteiger partial charge on any atom is -0.393 e. The third-order valence-corrected chi connectivity index (χ3v) is 4.52. The summed E-state index contributed by atoms with van der Waals surface area (Å²) in [6.07, 6.45) is 8.37. The first-order valence-electron chi connectivity index (χ1n) is 7.34. The molecule has 0 aromatic carbocycles. The van der Waals surface area contributed by atoms with Crippen LogP contribution < -0.4 is 5.32 Å². The SMILES string of the molecule is CN1CCC(CCNC2CCC(O)CC2)CC1. The molecule has 3 heteroatoms. The Hall–Kier alpha value is -0.120. The molecule has 0 aromatic rings. The Bertz CT molecular complexity index is 184. The van der Waals surface area contributed by atoms with Crippen molar-refractivity contribution in [3.63, 3.8) is 0 Å². The summed E-state index contributed by atoms with van der Waals surface area (Å²) in [7, 11) is 2.22. The smallest absolute Gasteiger partial charge is 0.0541 e. The van der Waals surface area contributed by atoms with Gasteiger partial charge in [-0.2, -0.15) is 0 Å². The molecule has 0 spiro atoms. The van der Waals surface area contributed by atoms with Gasteiger partial charge in [-0.3, -0.25) is 0 Å². The molecule has 0 bridgehead atoms. The standard InChI is InChI=1S/C14H28N2O/c1-16-10-7-12(8-11-16)6-9-15-13-2-4-14(17)5-3-13/h12-15,17H,2-11H2,1H3. The quantitative estimate of drug-likeness (QED) is 0.784. The molecule has 1 aliphatic heterocycles. The van der Waals surface area contributed by atoms with Gasteiger partial charge in [0.2, 0.25) is 0 Å². The van der Waals surface area contributed by atoms with E-state index in [0.29, 0.717) is 6.04 Å². The van der Waals surface area contributed by atoms with Crippen LogP contribution in [0, 0.1) is 5.92 Å². The molecule has 1 saturated carbocycles. The van der Waals surface area contributed by atoms with Gasteiger partial charge in [0, 0.05) is 6.04 Å². The van der Waals surface area contributed by atoms with Crippen molar-refractivity contribution in [1.82, 2.24) is 10.2 Å². The Kier molecular flexibility index (Phi) is 5.26. The number of aliphatic hydroxyl groups is 1. The van der Waals surface area contributed by atoms with E-state index in [2.05, 4.69) is 17.3 Å². The van der Waals surface area contributed by atoms with Gasteiger partial charge in [0.1, 0.15) is 0 Å². The predicted octanol–water partition coefficient (Wildman–Crippen LogP) is 1.61. The van der Waals surface area contributed by atoms with Crippen LogP contribution in [0.15, 0.2) is 0 Å². The summed E-state index contributed by atoms with van der Waals surface area (Å²) in [5.41, 5.74) is 0. The van der Waals surface area contributed by atoms with Gasteiger partial charge in [0.05, 0.1) is 6.10 Å². The lowest BCUT2D eigenvalue weighted by atomic mass is 9.91. The lowest BCUT2D eigenvalue weighted by molar-refractivity contribution is 0.116. The normalized spacial score (nSPS) is 32.8. The number of hydrogen-bond acceptors (Lipinski definition) is 3. The number of rotatable bonds is 4. The zero-order chi connectivity index (χ0) is 12.1. The summed E-state index contributed by atoms with van der Waals surface area (Å²) in [6, 6.07) is 0.671. The van der Waals surface area contributed by atoms with Gasteiger partial charge in [0.25, 0.3) is 0 Å². The van der Waals surface area contributed by atoms with E-state index in [-0.39, 0.29) is 6.10 Å². The van der Waals surface area contributed by atoms with Crippen LogP contribution in [-0.2, 0) is 0 Å². The van der Waals surface area contributed by atoms with E-state index < -0.39 is 0 Å². The highest BCUT2D eigenvalue weighted by Gasteiger charge is 2.20. The fourth-order valence-electron chi connectivity index (χ4n) is 3.12. The summed E-state index contributed by atoms with van der Waals surface area (Å²) >= 11 is 0. The van der Waals surface area contributed by atoms with Crippen molar-refractivity contribution in [1.29, 1.82) is 0 Å². The van der Waals surface area contributed by atoms with Crippen molar-refractivity contribution in [2.75, 3.05) is 26.7 Å². The second-order valence-electron chi connectivity index (χ2n) is 5.99. The number of hydrogen-bond donors (Lipinski definition) is 2. The van der Waals surface area contributed by atoms with E-state index in [1.807, 2.05) is 0 Å². The average molecular weight is 240 g/mol. The maximum Gasteiger partial charge on any atom is 0.0541 e. The van der Waals surface area contributed by atoms with E-state index in [1.54, 1.807) is 0 Å². The summed E-state index contributed by atoms with van der Waals surface area (Å²) < 4.78 is 0. The van der Waals surface area contributed by atoms with Crippen LogP contribution in [0.1, 0.15) is 44.9 Å². The monoisotopic (exact) mass is 240 g/mol. The van der Waals surface area contributed by atoms with Crippen LogP contribution in [0.2, 0.25) is 0 Å². The Morgan fingerprint density at radius 2 is 1.71 bits per heavy atom. The minimum absolute atomic E-state index is 0.0260. The summed E-state index contributed by atoms with van der Waals surface area (Å²) in [4.78, 5) is 2.44. The molecule has 1 aliphatic carbocycles. The van der Waals surface area contributed by atoms with E-state index in [9.17, 15) is 5.11 Å². The fourth-order valence-corrected chi connectivity index (χ4v) is 3.12. The van der Waals surface area contributed by atoms with E-state index in [0.717, 1.165) is 31.6 Å². The highest BCUT2D eigenvalue weighted by Crippen LogP contribution is 2.21. The molecule has 0 aromatic heterocycles. The van der Waals surface area contributed by atoms with Crippen molar-refractivity contribution in [3.8, 4) is 0 Å². The molecule has 2 aliphatic rings. The Balaban J connectivity index is 1.54. The molecule has 0 amide bonds. The van der Waals surface area contributed by atoms with Gasteiger partial charge in [-0.15, -0.1) is 0 Å². The number of nitrogens with one attached hydrogen (secondary N) is 1. The maximum atomic E-state index is 9.45. The zero-order valence-corrected chi connectivity index (χ0v) is 11.2. The molecule has 100 valence electrons. The molecule has 0 atom stereocenters. The zero-order valence-electron chi connectivity index (χ0n) is 11.2. The predicted molar refractivity (Wildman–Crippen MR) is 71.1 cm³/mol. The first-order chi connectivity index (χ1) is 8.24. The Morgan fingerprint density at radius 3 is 2.35 bits per heavy atom. The van der Waals surface area contributed by atoms with Crippen molar-refractivity contribution >= 4 is 0 Å². The molecular weight excluding hydrogens is 212 g/mol. The lowest BCUT2D eigenvalue weighted by Crippen LogP contribution is -2.37. The number of likely N-dealkylation sites (tertiary alicyclic amines) is 1. The first-order valence-corrected chi connectivity index (χ1v) is 7.34. The van der Waals surface area contributed by atoms with E-state index >= 15 is 0 Å². The van der Waals surface area contributed by atoms with Crippen LogP contribution in [0.25, 0.3) is 0 Å². The third-order valence-electron chi connectivity index (χ3n) is 4.52. The second-order valence-corrected chi connectivity index (χ2v) is 5.99. The number of nitrogens with zero attached hydrogens (tertiary/aromatic N) is 1. The fraction of sp³-hybridized carbons (Fsp3) is 1.00. The van der Waals surface area contributed by atoms with Crippen LogP contribution in [0.3, 0.4) is 0 Å². The molecule has 0 unspecified atom stereocenters. The van der Waals surface area contributed by atoms with Crippen LogP contribution in [0.5, 0.6) is 0 Å². The molecule has 2 N–H and O–H groups in total. The van der Waals surface area contributed by atoms with Crippen LogP contribution in [-0.4, -0.2) is 48.8 Å².